The Bertz CT molecular complexity index is 408. The summed E-state index contributed by atoms with van der Waals surface area (Å²) in [4.78, 5) is 21.1. The Morgan fingerprint density at radius 2 is 2.20 bits per heavy atom. The van der Waals surface area contributed by atoms with E-state index in [0.29, 0.717) is 5.33 Å². The van der Waals surface area contributed by atoms with Gasteiger partial charge in [-0.2, -0.15) is 4.39 Å². The van der Waals surface area contributed by atoms with Crippen molar-refractivity contribution in [2.24, 2.45) is 0 Å². The fourth-order valence-electron chi connectivity index (χ4n) is 1.15. The summed E-state index contributed by atoms with van der Waals surface area (Å²) < 4.78 is 13.1. The number of hydrogen-bond donors (Lipinski definition) is 0. The average molecular weight is 276 g/mol. The molecule has 0 aromatic heterocycles. The van der Waals surface area contributed by atoms with E-state index in [2.05, 4.69) is 15.9 Å². The van der Waals surface area contributed by atoms with Crippen LogP contribution in [0, 0.1) is 15.9 Å². The number of Topliss-reactive ketones (excluding diaryl/α,β-unsaturated/α-hetero) is 1. The number of carbonyl (C=O) groups excluding carboxylic acids is 1. The smallest absolute Gasteiger partial charge is 0.294 e. The van der Waals surface area contributed by atoms with Gasteiger partial charge in [0.05, 0.1) is 10.5 Å². The van der Waals surface area contributed by atoms with Gasteiger partial charge in [-0.3, -0.25) is 14.9 Å². The van der Waals surface area contributed by atoms with Crippen LogP contribution in [0.5, 0.6) is 0 Å². The molecule has 0 aliphatic heterocycles. The Balaban J connectivity index is 3.23. The van der Waals surface area contributed by atoms with E-state index in [1.54, 1.807) is 0 Å². The van der Waals surface area contributed by atoms with Crippen molar-refractivity contribution in [1.82, 2.24) is 0 Å². The molecule has 1 rings (SSSR count). The molecule has 0 amide bonds. The van der Waals surface area contributed by atoms with Crippen molar-refractivity contribution in [2.75, 3.05) is 5.33 Å². The SMILES string of the molecule is O=C(CCBr)c1cccc(F)c1[N+](=O)[O-]. The molecule has 4 nitrogen and oxygen atoms in total. The molecule has 0 aliphatic carbocycles. The fraction of sp³-hybridized carbons (Fsp3) is 0.222. The quantitative estimate of drug-likeness (QED) is 0.367. The molecule has 0 radical (unpaired) electrons. The van der Waals surface area contributed by atoms with Gasteiger partial charge in [-0.05, 0) is 12.1 Å². The van der Waals surface area contributed by atoms with Crippen molar-refractivity contribution >= 4 is 27.4 Å². The molecule has 0 fully saturated rings. The lowest BCUT2D eigenvalue weighted by Crippen LogP contribution is -2.06. The number of para-hydroxylation sites is 1. The molecule has 0 bridgehead atoms. The van der Waals surface area contributed by atoms with Crippen LogP contribution in [-0.2, 0) is 0 Å². The minimum Gasteiger partial charge on any atom is -0.294 e. The predicted molar refractivity (Wildman–Crippen MR) is 55.8 cm³/mol. The molecule has 1 aromatic carbocycles. The van der Waals surface area contributed by atoms with E-state index in [0.717, 1.165) is 6.07 Å². The second-order valence-electron chi connectivity index (χ2n) is 2.76. The van der Waals surface area contributed by atoms with E-state index in [1.165, 1.54) is 12.1 Å². The number of nitrogens with zero attached hydrogens (tertiary/aromatic N) is 1. The summed E-state index contributed by atoms with van der Waals surface area (Å²) in [6.45, 7) is 0. The first-order valence-electron chi connectivity index (χ1n) is 4.10. The number of nitro groups is 1. The Labute approximate surface area is 93.4 Å². The zero-order valence-electron chi connectivity index (χ0n) is 7.57. The first-order valence-corrected chi connectivity index (χ1v) is 5.22. The van der Waals surface area contributed by atoms with Crippen LogP contribution in [-0.4, -0.2) is 16.0 Å². The van der Waals surface area contributed by atoms with Crippen LogP contribution in [0.25, 0.3) is 0 Å². The molecule has 6 heteroatoms. The molecule has 0 saturated carbocycles. The van der Waals surface area contributed by atoms with Crippen LogP contribution in [0.2, 0.25) is 0 Å². The minimum absolute atomic E-state index is 0.101. The van der Waals surface area contributed by atoms with E-state index in [4.69, 9.17) is 0 Å². The molecule has 0 heterocycles. The number of ketones is 1. The van der Waals surface area contributed by atoms with Crippen molar-refractivity contribution in [3.63, 3.8) is 0 Å². The third kappa shape index (κ3) is 2.59. The summed E-state index contributed by atoms with van der Waals surface area (Å²) in [5.41, 5.74) is -0.928. The normalized spacial score (nSPS) is 10.0. The molecule has 0 N–H and O–H groups in total. The van der Waals surface area contributed by atoms with Gasteiger partial charge in [0.2, 0.25) is 5.82 Å². The first kappa shape index (κ1) is 11.8. The number of alkyl halides is 1. The van der Waals surface area contributed by atoms with Gasteiger partial charge in [-0.1, -0.05) is 22.0 Å². The van der Waals surface area contributed by atoms with Crippen molar-refractivity contribution < 1.29 is 14.1 Å². The zero-order valence-corrected chi connectivity index (χ0v) is 9.16. The Kier molecular flexibility index (Phi) is 3.90. The highest BCUT2D eigenvalue weighted by atomic mass is 79.9. The van der Waals surface area contributed by atoms with E-state index < -0.39 is 22.2 Å². The number of halogens is 2. The maximum Gasteiger partial charge on any atom is 0.315 e. The van der Waals surface area contributed by atoms with Crippen LogP contribution >= 0.6 is 15.9 Å². The van der Waals surface area contributed by atoms with E-state index in [-0.39, 0.29) is 12.0 Å². The van der Waals surface area contributed by atoms with Gasteiger partial charge in [0.1, 0.15) is 0 Å². The monoisotopic (exact) mass is 275 g/mol. The molecule has 1 aromatic rings. The predicted octanol–water partition coefficient (Wildman–Crippen LogP) is 2.70. The maximum absolute atomic E-state index is 13.1. The summed E-state index contributed by atoms with van der Waals surface area (Å²) in [6.07, 6.45) is 0.101. The third-order valence-electron chi connectivity index (χ3n) is 1.79. The Morgan fingerprint density at radius 3 is 2.73 bits per heavy atom. The molecule has 0 saturated heterocycles. The largest absolute Gasteiger partial charge is 0.315 e. The van der Waals surface area contributed by atoms with Gasteiger partial charge in [0, 0.05) is 11.8 Å². The summed E-state index contributed by atoms with van der Waals surface area (Å²) in [7, 11) is 0. The van der Waals surface area contributed by atoms with Gasteiger partial charge in [-0.15, -0.1) is 0 Å². The molecule has 15 heavy (non-hydrogen) atoms. The van der Waals surface area contributed by atoms with Crippen LogP contribution in [0.15, 0.2) is 18.2 Å². The topological polar surface area (TPSA) is 60.2 Å². The highest BCUT2D eigenvalue weighted by Crippen LogP contribution is 2.23. The number of benzene rings is 1. The molecule has 0 unspecified atom stereocenters. The van der Waals surface area contributed by atoms with Crippen LogP contribution < -0.4 is 0 Å². The summed E-state index contributed by atoms with van der Waals surface area (Å²) in [5.74, 6) is -1.43. The zero-order chi connectivity index (χ0) is 11.4. The summed E-state index contributed by atoms with van der Waals surface area (Å²) in [6, 6.07) is 3.50. The van der Waals surface area contributed by atoms with Gasteiger partial charge in [0.25, 0.3) is 0 Å². The molecule has 0 aliphatic rings. The second kappa shape index (κ2) is 4.97. The van der Waals surface area contributed by atoms with Crippen molar-refractivity contribution in [2.45, 2.75) is 6.42 Å². The van der Waals surface area contributed by atoms with E-state index in [9.17, 15) is 19.3 Å². The van der Waals surface area contributed by atoms with Crippen molar-refractivity contribution in [1.29, 1.82) is 0 Å². The molecule has 80 valence electrons. The van der Waals surface area contributed by atoms with Gasteiger partial charge < -0.3 is 0 Å². The lowest BCUT2D eigenvalue weighted by Gasteiger charge is -2.01. The summed E-state index contributed by atoms with van der Waals surface area (Å²) in [5, 5.41) is 10.9. The first-order chi connectivity index (χ1) is 7.07. The Hall–Kier alpha value is -1.30. The lowest BCUT2D eigenvalue weighted by atomic mass is 10.1. The molecular weight excluding hydrogens is 269 g/mol. The molecular formula is C9H7BrFNO3. The number of rotatable bonds is 4. The average Bonchev–Trinajstić information content (AvgIpc) is 2.17. The maximum atomic E-state index is 13.1. The lowest BCUT2D eigenvalue weighted by molar-refractivity contribution is -0.387. The highest BCUT2D eigenvalue weighted by molar-refractivity contribution is 9.09. The standard InChI is InChI=1S/C9H7BrFNO3/c10-5-4-8(13)6-2-1-3-7(11)9(6)12(14)15/h1-3H,4-5H2. The van der Waals surface area contributed by atoms with Crippen LogP contribution in [0.3, 0.4) is 0 Å². The molecule has 0 spiro atoms. The number of carbonyl (C=O) groups is 1. The van der Waals surface area contributed by atoms with Crippen molar-refractivity contribution in [3.8, 4) is 0 Å². The van der Waals surface area contributed by atoms with Crippen LogP contribution in [0.4, 0.5) is 10.1 Å². The van der Waals surface area contributed by atoms with Gasteiger partial charge in [0.15, 0.2) is 5.78 Å². The second-order valence-corrected chi connectivity index (χ2v) is 3.55. The van der Waals surface area contributed by atoms with E-state index >= 15 is 0 Å². The van der Waals surface area contributed by atoms with Crippen LogP contribution in [0.1, 0.15) is 16.8 Å². The molecule has 0 atom stereocenters. The summed E-state index contributed by atoms with van der Waals surface area (Å²) >= 11 is 3.04. The number of hydrogen-bond acceptors (Lipinski definition) is 3. The third-order valence-corrected chi connectivity index (χ3v) is 2.19. The number of nitro benzene ring substituents is 1. The van der Waals surface area contributed by atoms with Gasteiger partial charge >= 0.3 is 5.69 Å². The van der Waals surface area contributed by atoms with Crippen molar-refractivity contribution in [3.05, 3.63) is 39.7 Å². The minimum atomic E-state index is -0.986. The highest BCUT2D eigenvalue weighted by Gasteiger charge is 2.23. The van der Waals surface area contributed by atoms with E-state index in [1.807, 2.05) is 0 Å². The Morgan fingerprint density at radius 1 is 1.53 bits per heavy atom. The van der Waals surface area contributed by atoms with Gasteiger partial charge in [-0.25, -0.2) is 0 Å². The fourth-order valence-corrected chi connectivity index (χ4v) is 1.51.